The number of thiocarbonyl (C=S) groups is 1. The second-order valence-corrected chi connectivity index (χ2v) is 5.36. The third-order valence-corrected chi connectivity index (χ3v) is 3.53. The molecule has 10 heteroatoms. The minimum atomic E-state index is -4.58. The van der Waals surface area contributed by atoms with Crippen LogP contribution in [0.2, 0.25) is 0 Å². The molecule has 0 saturated carbocycles. The van der Waals surface area contributed by atoms with Gasteiger partial charge in [0.25, 0.3) is 5.91 Å². The normalized spacial score (nSPS) is 23.2. The zero-order chi connectivity index (χ0) is 14.0. The summed E-state index contributed by atoms with van der Waals surface area (Å²) in [6.07, 6.45) is 0.401. The Balaban J connectivity index is 2.72. The molecule has 1 fully saturated rings. The van der Waals surface area contributed by atoms with Crippen LogP contribution in [0.4, 0.5) is 0 Å². The van der Waals surface area contributed by atoms with Gasteiger partial charge in [0, 0.05) is 20.0 Å². The van der Waals surface area contributed by atoms with Crippen molar-refractivity contribution in [2.45, 2.75) is 18.6 Å². The first-order chi connectivity index (χ1) is 8.27. The Morgan fingerprint density at radius 2 is 2.39 bits per heavy atom. The van der Waals surface area contributed by atoms with E-state index in [1.165, 1.54) is 7.11 Å². The number of β-lactam (4-membered cyclic amide) rings is 1. The number of ether oxygens (including phenoxy) is 1. The van der Waals surface area contributed by atoms with Crippen molar-refractivity contribution in [2.24, 2.45) is 0 Å². The summed E-state index contributed by atoms with van der Waals surface area (Å²) < 4.78 is 35.5. The van der Waals surface area contributed by atoms with Crippen LogP contribution in [0.5, 0.6) is 0 Å². The number of hydrogen-bond donors (Lipinski definition) is 2. The summed E-state index contributed by atoms with van der Waals surface area (Å²) in [5.41, 5.74) is -1.58. The van der Waals surface area contributed by atoms with Crippen LogP contribution in [-0.4, -0.2) is 47.6 Å². The third-order valence-electron chi connectivity index (χ3n) is 2.37. The molecule has 8 nitrogen and oxygen atoms in total. The molecular formula is C8H11N3O5S2. The fourth-order valence-electron chi connectivity index (χ4n) is 1.39. The van der Waals surface area contributed by atoms with E-state index in [1.807, 2.05) is 6.07 Å². The first kappa shape index (κ1) is 14.8. The first-order valence-electron chi connectivity index (χ1n) is 4.79. The number of methoxy groups -OCH3 is 1. The molecule has 1 heterocycles. The molecule has 0 aromatic heterocycles. The maximum atomic E-state index is 11.6. The van der Waals surface area contributed by atoms with Gasteiger partial charge in [-0.25, -0.2) is 4.31 Å². The average Bonchev–Trinajstić information content (AvgIpc) is 2.29. The molecule has 2 N–H and O–H groups in total. The largest absolute Gasteiger partial charge is 0.362 e. The Hall–Kier alpha value is -1.28. The lowest BCUT2D eigenvalue weighted by molar-refractivity contribution is -0.173. The van der Waals surface area contributed by atoms with Crippen LogP contribution < -0.4 is 5.32 Å². The summed E-state index contributed by atoms with van der Waals surface area (Å²) in [6.45, 7) is -0.381. The summed E-state index contributed by atoms with van der Waals surface area (Å²) in [5.74, 6) is -0.952. The van der Waals surface area contributed by atoms with Crippen molar-refractivity contribution in [3.63, 3.8) is 0 Å². The number of nitrogens with one attached hydrogen (secondary N) is 1. The Morgan fingerprint density at radius 1 is 1.78 bits per heavy atom. The molecule has 0 spiro atoms. The standard InChI is InChI=1S/C8H11N3O5S2/c1-16-8(10-6(17)3-2-4-9)5-11(7(8)12)18(13,14)15/h2-3,5H2,1H3,(H,10,17)(H,13,14,15). The van der Waals surface area contributed by atoms with Crippen LogP contribution in [0.15, 0.2) is 0 Å². The molecule has 1 rings (SSSR count). The summed E-state index contributed by atoms with van der Waals surface area (Å²) in [7, 11) is -3.37. The van der Waals surface area contributed by atoms with Crippen molar-refractivity contribution < 1.29 is 22.5 Å². The van der Waals surface area contributed by atoms with Crippen molar-refractivity contribution in [3.05, 3.63) is 0 Å². The number of amides is 1. The number of rotatable bonds is 5. The van der Waals surface area contributed by atoms with Crippen molar-refractivity contribution in [2.75, 3.05) is 13.7 Å². The van der Waals surface area contributed by atoms with Gasteiger partial charge in [-0.3, -0.25) is 9.35 Å². The molecule has 1 unspecified atom stereocenters. The molecule has 1 amide bonds. The Labute approximate surface area is 109 Å². The monoisotopic (exact) mass is 293 g/mol. The van der Waals surface area contributed by atoms with Crippen LogP contribution >= 0.6 is 12.2 Å². The van der Waals surface area contributed by atoms with Crippen LogP contribution in [-0.2, 0) is 19.8 Å². The van der Waals surface area contributed by atoms with Gasteiger partial charge in [-0.05, 0) is 0 Å². The second-order valence-electron chi connectivity index (χ2n) is 3.53. The van der Waals surface area contributed by atoms with E-state index in [0.29, 0.717) is 0 Å². The predicted octanol–water partition coefficient (Wildman–Crippen LogP) is -0.805. The highest BCUT2D eigenvalue weighted by Gasteiger charge is 2.58. The smallest absolute Gasteiger partial charge is 0.349 e. The molecule has 1 aliphatic rings. The lowest BCUT2D eigenvalue weighted by atomic mass is 10.1. The van der Waals surface area contributed by atoms with Gasteiger partial charge in [-0.2, -0.15) is 13.7 Å². The number of nitriles is 1. The summed E-state index contributed by atoms with van der Waals surface area (Å²) >= 11 is 4.89. The van der Waals surface area contributed by atoms with E-state index in [9.17, 15) is 13.2 Å². The van der Waals surface area contributed by atoms with E-state index in [0.717, 1.165) is 0 Å². The molecule has 18 heavy (non-hydrogen) atoms. The van der Waals surface area contributed by atoms with Crippen molar-refractivity contribution in [1.29, 1.82) is 5.26 Å². The predicted molar refractivity (Wildman–Crippen MR) is 63.6 cm³/mol. The van der Waals surface area contributed by atoms with Crippen LogP contribution in [0, 0.1) is 11.3 Å². The van der Waals surface area contributed by atoms with E-state index in [-0.39, 0.29) is 28.7 Å². The number of hydrogen-bond acceptors (Lipinski definition) is 6. The van der Waals surface area contributed by atoms with Gasteiger partial charge in [0.1, 0.15) is 0 Å². The number of carbonyl (C=O) groups excluding carboxylic acids is 1. The lowest BCUT2D eigenvalue weighted by Crippen LogP contribution is -2.75. The molecule has 0 aromatic carbocycles. The molecule has 0 aromatic rings. The molecule has 0 radical (unpaired) electrons. The van der Waals surface area contributed by atoms with Crippen molar-refractivity contribution in [1.82, 2.24) is 9.62 Å². The van der Waals surface area contributed by atoms with Gasteiger partial charge in [-0.1, -0.05) is 12.2 Å². The zero-order valence-corrected chi connectivity index (χ0v) is 11.0. The van der Waals surface area contributed by atoms with Crippen LogP contribution in [0.25, 0.3) is 0 Å². The van der Waals surface area contributed by atoms with E-state index >= 15 is 0 Å². The maximum Gasteiger partial charge on any atom is 0.362 e. The SMILES string of the molecule is COC1(NC(=S)CCC#N)CN(S(=O)(=O)O)C1=O. The van der Waals surface area contributed by atoms with Gasteiger partial charge >= 0.3 is 10.3 Å². The Morgan fingerprint density at radius 3 is 2.78 bits per heavy atom. The van der Waals surface area contributed by atoms with Crippen molar-refractivity contribution in [3.8, 4) is 6.07 Å². The van der Waals surface area contributed by atoms with E-state index < -0.39 is 21.9 Å². The van der Waals surface area contributed by atoms with Gasteiger partial charge < -0.3 is 10.1 Å². The summed E-state index contributed by atoms with van der Waals surface area (Å²) in [5, 5.41) is 10.9. The number of carbonyl (C=O) groups is 1. The molecule has 100 valence electrons. The van der Waals surface area contributed by atoms with E-state index in [2.05, 4.69) is 5.32 Å². The van der Waals surface area contributed by atoms with Gasteiger partial charge in [0.2, 0.25) is 5.72 Å². The minimum absolute atomic E-state index is 0.168. The van der Waals surface area contributed by atoms with Gasteiger partial charge in [-0.15, -0.1) is 0 Å². The first-order valence-corrected chi connectivity index (χ1v) is 6.60. The van der Waals surface area contributed by atoms with Crippen molar-refractivity contribution >= 4 is 33.4 Å². The highest BCUT2D eigenvalue weighted by Crippen LogP contribution is 2.26. The van der Waals surface area contributed by atoms with Gasteiger partial charge in [0.05, 0.1) is 17.6 Å². The minimum Gasteiger partial charge on any atom is -0.349 e. The maximum absolute atomic E-state index is 11.6. The second kappa shape index (κ2) is 5.15. The molecule has 0 bridgehead atoms. The fraction of sp³-hybridized carbons (Fsp3) is 0.625. The molecule has 1 atom stereocenters. The topological polar surface area (TPSA) is 120 Å². The molecule has 1 aliphatic heterocycles. The van der Waals surface area contributed by atoms with E-state index in [4.69, 9.17) is 26.8 Å². The summed E-state index contributed by atoms with van der Waals surface area (Å²) in [4.78, 5) is 11.9. The highest BCUT2D eigenvalue weighted by molar-refractivity contribution is 7.84. The number of nitrogens with zero attached hydrogens (tertiary/aromatic N) is 2. The average molecular weight is 293 g/mol. The quantitative estimate of drug-likeness (QED) is 0.292. The molecular weight excluding hydrogens is 282 g/mol. The van der Waals surface area contributed by atoms with Crippen LogP contribution in [0.1, 0.15) is 12.8 Å². The molecule has 1 saturated heterocycles. The van der Waals surface area contributed by atoms with E-state index in [1.54, 1.807) is 0 Å². The van der Waals surface area contributed by atoms with Gasteiger partial charge in [0.15, 0.2) is 0 Å². The Kier molecular flexibility index (Phi) is 4.23. The highest BCUT2D eigenvalue weighted by atomic mass is 32.2. The molecule has 0 aliphatic carbocycles. The summed E-state index contributed by atoms with van der Waals surface area (Å²) in [6, 6.07) is 1.88. The third kappa shape index (κ3) is 2.75. The fourth-order valence-corrected chi connectivity index (χ4v) is 2.36. The Bertz CT molecular complexity index is 511. The van der Waals surface area contributed by atoms with Crippen LogP contribution in [0.3, 0.4) is 0 Å². The zero-order valence-electron chi connectivity index (χ0n) is 9.41. The lowest BCUT2D eigenvalue weighted by Gasteiger charge is -2.45.